The van der Waals surface area contributed by atoms with Crippen LogP contribution in [0.4, 0.5) is 0 Å². The average Bonchev–Trinajstić information content (AvgIpc) is 2.83. The van der Waals surface area contributed by atoms with Crippen LogP contribution in [0.15, 0.2) is 60.7 Å². The number of aromatic nitrogens is 1. The van der Waals surface area contributed by atoms with Crippen LogP contribution in [-0.2, 0) is 6.54 Å². The van der Waals surface area contributed by atoms with Crippen LogP contribution in [0, 0.1) is 11.8 Å². The maximum absolute atomic E-state index is 3.28. The van der Waals surface area contributed by atoms with E-state index in [4.69, 9.17) is 0 Å². The van der Waals surface area contributed by atoms with Crippen molar-refractivity contribution in [1.29, 1.82) is 0 Å². The van der Waals surface area contributed by atoms with E-state index in [1.54, 1.807) is 0 Å². The predicted octanol–water partition coefficient (Wildman–Crippen LogP) is 4.06. The first kappa shape index (κ1) is 11.6. The third-order valence-corrected chi connectivity index (χ3v) is 3.24. The van der Waals surface area contributed by atoms with Crippen LogP contribution in [-0.4, -0.2) is 4.57 Å². The van der Waals surface area contributed by atoms with Gasteiger partial charge < -0.3 is 4.57 Å². The van der Waals surface area contributed by atoms with E-state index in [0.717, 1.165) is 17.8 Å². The lowest BCUT2D eigenvalue weighted by molar-refractivity contribution is 0.787. The molecule has 3 rings (SSSR count). The van der Waals surface area contributed by atoms with Crippen LogP contribution in [0.5, 0.6) is 0 Å². The van der Waals surface area contributed by atoms with Crippen molar-refractivity contribution in [3.63, 3.8) is 0 Å². The molecule has 0 atom stereocenters. The summed E-state index contributed by atoms with van der Waals surface area (Å²) in [5.74, 6) is 6.51. The minimum Gasteiger partial charge on any atom is -0.334 e. The van der Waals surface area contributed by atoms with Gasteiger partial charge in [0, 0.05) is 23.0 Å². The first-order chi connectivity index (χ1) is 9.38. The molecule has 92 valence electrons. The van der Waals surface area contributed by atoms with E-state index in [9.17, 15) is 0 Å². The zero-order valence-corrected chi connectivity index (χ0v) is 10.9. The number of para-hydroxylation sites is 1. The summed E-state index contributed by atoms with van der Waals surface area (Å²) < 4.78 is 2.26. The number of hydrogen-bond acceptors (Lipinski definition) is 0. The zero-order chi connectivity index (χ0) is 13.1. The Morgan fingerprint density at radius 3 is 2.42 bits per heavy atom. The highest BCUT2D eigenvalue weighted by Gasteiger charge is 2.04. The lowest BCUT2D eigenvalue weighted by Crippen LogP contribution is -1.96. The Balaban J connectivity index is 2.09. The lowest BCUT2D eigenvalue weighted by Gasteiger charge is -2.02. The zero-order valence-electron chi connectivity index (χ0n) is 10.9. The number of aryl methyl sites for hydroxylation is 1. The summed E-state index contributed by atoms with van der Waals surface area (Å²) in [7, 11) is 0. The highest BCUT2D eigenvalue weighted by atomic mass is 15.0. The second-order valence-corrected chi connectivity index (χ2v) is 4.45. The molecule has 2 aromatic carbocycles. The van der Waals surface area contributed by atoms with Crippen LogP contribution in [0.1, 0.15) is 18.2 Å². The van der Waals surface area contributed by atoms with Gasteiger partial charge in [-0.3, -0.25) is 0 Å². The molecule has 0 amide bonds. The van der Waals surface area contributed by atoms with Gasteiger partial charge in [-0.2, -0.15) is 0 Å². The monoisotopic (exact) mass is 245 g/mol. The van der Waals surface area contributed by atoms with E-state index >= 15 is 0 Å². The second-order valence-electron chi connectivity index (χ2n) is 4.45. The summed E-state index contributed by atoms with van der Waals surface area (Å²) in [5.41, 5.74) is 3.38. The predicted molar refractivity (Wildman–Crippen MR) is 80.0 cm³/mol. The average molecular weight is 245 g/mol. The second kappa shape index (κ2) is 5.04. The van der Waals surface area contributed by atoms with Gasteiger partial charge in [-0.15, -0.1) is 0 Å². The van der Waals surface area contributed by atoms with Crippen molar-refractivity contribution in [2.45, 2.75) is 13.5 Å². The normalized spacial score (nSPS) is 10.2. The molecule has 1 heteroatoms. The molecule has 0 spiro atoms. The number of rotatable bonds is 1. The molecule has 0 saturated heterocycles. The SMILES string of the molecule is CCn1c(C#Cc2ccccc2)cc2ccccc21. The van der Waals surface area contributed by atoms with Crippen molar-refractivity contribution in [3.05, 3.63) is 71.9 Å². The molecule has 0 aliphatic rings. The molecule has 0 unspecified atom stereocenters. The molecule has 0 radical (unpaired) electrons. The van der Waals surface area contributed by atoms with Crippen molar-refractivity contribution < 1.29 is 0 Å². The quantitative estimate of drug-likeness (QED) is 0.570. The van der Waals surface area contributed by atoms with Gasteiger partial charge in [0.2, 0.25) is 0 Å². The van der Waals surface area contributed by atoms with Crippen molar-refractivity contribution in [2.24, 2.45) is 0 Å². The first-order valence-electron chi connectivity index (χ1n) is 6.54. The molecule has 3 aromatic rings. The third-order valence-electron chi connectivity index (χ3n) is 3.24. The summed E-state index contributed by atoms with van der Waals surface area (Å²) in [6, 6.07) is 20.7. The maximum atomic E-state index is 3.28. The van der Waals surface area contributed by atoms with Crippen molar-refractivity contribution in [2.75, 3.05) is 0 Å². The molecule has 19 heavy (non-hydrogen) atoms. The Morgan fingerprint density at radius 1 is 0.895 bits per heavy atom. The van der Waals surface area contributed by atoms with Crippen LogP contribution < -0.4 is 0 Å². The number of hydrogen-bond donors (Lipinski definition) is 0. The number of nitrogens with zero attached hydrogens (tertiary/aromatic N) is 1. The molecule has 0 N–H and O–H groups in total. The highest BCUT2D eigenvalue weighted by molar-refractivity contribution is 5.82. The summed E-state index contributed by atoms with van der Waals surface area (Å²) in [5, 5.41) is 1.25. The fourth-order valence-electron chi connectivity index (χ4n) is 2.31. The number of benzene rings is 2. The Labute approximate surface area is 113 Å². The standard InChI is InChI=1S/C18H15N/c1-2-19-17(13-12-15-8-4-3-5-9-15)14-16-10-6-7-11-18(16)19/h3-11,14H,2H2,1H3. The van der Waals surface area contributed by atoms with Crippen LogP contribution in [0.2, 0.25) is 0 Å². The van der Waals surface area contributed by atoms with Crippen molar-refractivity contribution in [3.8, 4) is 11.8 Å². The van der Waals surface area contributed by atoms with Gasteiger partial charge in [0.25, 0.3) is 0 Å². The maximum Gasteiger partial charge on any atom is 0.0934 e. The Kier molecular flexibility index (Phi) is 3.08. The topological polar surface area (TPSA) is 4.93 Å². The molecule has 0 saturated carbocycles. The van der Waals surface area contributed by atoms with Gasteiger partial charge in [-0.1, -0.05) is 42.3 Å². The van der Waals surface area contributed by atoms with Crippen LogP contribution in [0.25, 0.3) is 10.9 Å². The Hall–Kier alpha value is -2.46. The molecule has 1 aromatic heterocycles. The molecule has 0 bridgehead atoms. The van der Waals surface area contributed by atoms with Gasteiger partial charge in [0.15, 0.2) is 0 Å². The summed E-state index contributed by atoms with van der Waals surface area (Å²) in [6.07, 6.45) is 0. The van der Waals surface area contributed by atoms with Gasteiger partial charge in [0.05, 0.1) is 5.69 Å². The summed E-state index contributed by atoms with van der Waals surface area (Å²) >= 11 is 0. The van der Waals surface area contributed by atoms with Gasteiger partial charge in [0.1, 0.15) is 0 Å². The van der Waals surface area contributed by atoms with E-state index in [1.807, 2.05) is 30.3 Å². The third kappa shape index (κ3) is 2.26. The van der Waals surface area contributed by atoms with E-state index in [-0.39, 0.29) is 0 Å². The molecule has 1 heterocycles. The van der Waals surface area contributed by atoms with Gasteiger partial charge >= 0.3 is 0 Å². The first-order valence-corrected chi connectivity index (χ1v) is 6.54. The molecule has 0 aliphatic carbocycles. The summed E-state index contributed by atoms with van der Waals surface area (Å²) in [6.45, 7) is 3.09. The van der Waals surface area contributed by atoms with E-state index in [1.165, 1.54) is 10.9 Å². The highest BCUT2D eigenvalue weighted by Crippen LogP contribution is 2.19. The van der Waals surface area contributed by atoms with E-state index < -0.39 is 0 Å². The molecule has 0 aliphatic heterocycles. The van der Waals surface area contributed by atoms with Gasteiger partial charge in [-0.05, 0) is 37.1 Å². The molecular formula is C18H15N. The van der Waals surface area contributed by atoms with Crippen LogP contribution >= 0.6 is 0 Å². The summed E-state index contributed by atoms with van der Waals surface area (Å²) in [4.78, 5) is 0. The molecular weight excluding hydrogens is 230 g/mol. The van der Waals surface area contributed by atoms with Gasteiger partial charge in [-0.25, -0.2) is 0 Å². The minimum atomic E-state index is 0.937. The smallest absolute Gasteiger partial charge is 0.0934 e. The number of fused-ring (bicyclic) bond motifs is 1. The van der Waals surface area contributed by atoms with Crippen molar-refractivity contribution >= 4 is 10.9 Å². The fourth-order valence-corrected chi connectivity index (χ4v) is 2.31. The largest absolute Gasteiger partial charge is 0.334 e. The minimum absolute atomic E-state index is 0.937. The fraction of sp³-hybridized carbons (Fsp3) is 0.111. The molecule has 0 fully saturated rings. The van der Waals surface area contributed by atoms with Crippen LogP contribution in [0.3, 0.4) is 0 Å². The van der Waals surface area contributed by atoms with Crippen molar-refractivity contribution in [1.82, 2.24) is 4.57 Å². The Morgan fingerprint density at radius 2 is 1.63 bits per heavy atom. The Bertz CT molecular complexity index is 754. The lowest BCUT2D eigenvalue weighted by atomic mass is 10.2. The molecule has 1 nitrogen and oxygen atoms in total. The van der Waals surface area contributed by atoms with E-state index in [0.29, 0.717) is 0 Å². The van der Waals surface area contributed by atoms with E-state index in [2.05, 4.69) is 53.7 Å².